The Bertz CT molecular complexity index is 716. The van der Waals surface area contributed by atoms with Crippen molar-refractivity contribution in [3.05, 3.63) is 54.1 Å². The van der Waals surface area contributed by atoms with E-state index in [0.29, 0.717) is 25.4 Å². The number of halogens is 3. The molecule has 0 atom stereocenters. The summed E-state index contributed by atoms with van der Waals surface area (Å²) in [5.74, 6) is 1.19. The molecule has 2 aromatic rings. The molecule has 0 bridgehead atoms. The second-order valence-electron chi connectivity index (χ2n) is 5.65. The van der Waals surface area contributed by atoms with E-state index in [4.69, 9.17) is 9.47 Å². The van der Waals surface area contributed by atoms with Crippen molar-refractivity contribution in [3.8, 4) is 11.5 Å². The predicted octanol–water partition coefficient (Wildman–Crippen LogP) is 3.71. The summed E-state index contributed by atoms with van der Waals surface area (Å²) in [6.45, 7) is 1.42. The van der Waals surface area contributed by atoms with Crippen molar-refractivity contribution < 1.29 is 27.4 Å². The van der Waals surface area contributed by atoms with Crippen molar-refractivity contribution in [1.29, 1.82) is 0 Å². The largest absolute Gasteiger partial charge is 0.497 e. The summed E-state index contributed by atoms with van der Waals surface area (Å²) in [5.41, 5.74) is -0.421. The van der Waals surface area contributed by atoms with Crippen LogP contribution in [-0.2, 0) is 11.0 Å². The molecule has 2 rings (SSSR count). The van der Waals surface area contributed by atoms with Crippen LogP contribution < -0.4 is 20.1 Å². The third-order valence-electron chi connectivity index (χ3n) is 3.63. The molecule has 0 aliphatic carbocycles. The van der Waals surface area contributed by atoms with Gasteiger partial charge in [-0.3, -0.25) is 4.79 Å². The van der Waals surface area contributed by atoms with Gasteiger partial charge >= 0.3 is 6.18 Å². The highest BCUT2D eigenvalue weighted by Gasteiger charge is 2.29. The molecule has 0 heterocycles. The summed E-state index contributed by atoms with van der Waals surface area (Å²) in [7, 11) is 1.59. The Morgan fingerprint density at radius 1 is 0.963 bits per heavy atom. The van der Waals surface area contributed by atoms with E-state index in [1.807, 2.05) is 0 Å². The van der Waals surface area contributed by atoms with E-state index in [0.717, 1.165) is 23.6 Å². The van der Waals surface area contributed by atoms with Crippen LogP contribution in [0.1, 0.15) is 12.0 Å². The average molecular weight is 382 g/mol. The molecule has 0 radical (unpaired) electrons. The second kappa shape index (κ2) is 9.82. The SMILES string of the molecule is COc1ccc(OCCNCCC(=O)Nc2ccc(C(F)(F)F)cc2)cc1. The Balaban J connectivity index is 1.60. The van der Waals surface area contributed by atoms with Crippen LogP contribution in [0, 0.1) is 0 Å². The van der Waals surface area contributed by atoms with E-state index >= 15 is 0 Å². The zero-order valence-corrected chi connectivity index (χ0v) is 14.8. The van der Waals surface area contributed by atoms with E-state index in [2.05, 4.69) is 10.6 Å². The monoisotopic (exact) mass is 382 g/mol. The van der Waals surface area contributed by atoms with E-state index in [1.165, 1.54) is 12.1 Å². The Labute approximate surface area is 155 Å². The Morgan fingerprint density at radius 3 is 2.19 bits per heavy atom. The second-order valence-corrected chi connectivity index (χ2v) is 5.65. The molecule has 8 heteroatoms. The van der Waals surface area contributed by atoms with Crippen LogP contribution in [0.25, 0.3) is 0 Å². The molecule has 27 heavy (non-hydrogen) atoms. The molecule has 0 aromatic heterocycles. The van der Waals surface area contributed by atoms with Gasteiger partial charge in [-0.25, -0.2) is 0 Å². The highest BCUT2D eigenvalue weighted by molar-refractivity contribution is 5.90. The molecule has 0 aliphatic rings. The number of nitrogens with one attached hydrogen (secondary N) is 2. The first-order chi connectivity index (χ1) is 12.9. The minimum atomic E-state index is -4.39. The van der Waals surface area contributed by atoms with Crippen LogP contribution in [0.4, 0.5) is 18.9 Å². The number of benzene rings is 2. The van der Waals surface area contributed by atoms with Gasteiger partial charge in [-0.15, -0.1) is 0 Å². The quantitative estimate of drug-likeness (QED) is 0.649. The number of carbonyl (C=O) groups excluding carboxylic acids is 1. The molecule has 0 aliphatic heterocycles. The molecule has 146 valence electrons. The fourth-order valence-electron chi connectivity index (χ4n) is 2.21. The van der Waals surface area contributed by atoms with Crippen LogP contribution >= 0.6 is 0 Å². The third kappa shape index (κ3) is 7.18. The predicted molar refractivity (Wildman–Crippen MR) is 96.0 cm³/mol. The number of hydrogen-bond donors (Lipinski definition) is 2. The van der Waals surface area contributed by atoms with E-state index in [9.17, 15) is 18.0 Å². The van der Waals surface area contributed by atoms with Crippen molar-refractivity contribution in [1.82, 2.24) is 5.32 Å². The van der Waals surface area contributed by atoms with Crippen LogP contribution in [-0.4, -0.2) is 32.7 Å². The smallest absolute Gasteiger partial charge is 0.416 e. The van der Waals surface area contributed by atoms with Crippen LogP contribution in [0.2, 0.25) is 0 Å². The molecular weight excluding hydrogens is 361 g/mol. The van der Waals surface area contributed by atoms with Gasteiger partial charge in [0.25, 0.3) is 0 Å². The first-order valence-electron chi connectivity index (χ1n) is 8.33. The fourth-order valence-corrected chi connectivity index (χ4v) is 2.21. The van der Waals surface area contributed by atoms with Gasteiger partial charge in [-0.2, -0.15) is 13.2 Å². The summed E-state index contributed by atoms with van der Waals surface area (Å²) in [4.78, 5) is 11.8. The van der Waals surface area contributed by atoms with Gasteiger partial charge in [0.2, 0.25) is 5.91 Å². The number of alkyl halides is 3. The number of rotatable bonds is 9. The van der Waals surface area contributed by atoms with Gasteiger partial charge in [0.1, 0.15) is 18.1 Å². The van der Waals surface area contributed by atoms with Gasteiger partial charge in [0, 0.05) is 25.2 Å². The minimum absolute atomic E-state index is 0.198. The maximum Gasteiger partial charge on any atom is 0.416 e. The molecular formula is C19H21F3N2O3. The van der Waals surface area contributed by atoms with Crippen molar-refractivity contribution in [2.75, 3.05) is 32.1 Å². The van der Waals surface area contributed by atoms with E-state index in [-0.39, 0.29) is 12.3 Å². The number of carbonyl (C=O) groups is 1. The van der Waals surface area contributed by atoms with Crippen LogP contribution in [0.5, 0.6) is 11.5 Å². The number of amides is 1. The molecule has 2 N–H and O–H groups in total. The summed E-state index contributed by atoms with van der Waals surface area (Å²) in [6, 6.07) is 11.5. The molecule has 0 unspecified atom stereocenters. The van der Waals surface area contributed by atoms with Gasteiger partial charge in [-0.05, 0) is 48.5 Å². The van der Waals surface area contributed by atoms with Crippen molar-refractivity contribution in [2.24, 2.45) is 0 Å². The summed E-state index contributed by atoms with van der Waals surface area (Å²) >= 11 is 0. The zero-order chi connectivity index (χ0) is 19.7. The van der Waals surface area contributed by atoms with Crippen molar-refractivity contribution >= 4 is 11.6 Å². The van der Waals surface area contributed by atoms with Gasteiger partial charge in [0.15, 0.2) is 0 Å². The van der Waals surface area contributed by atoms with Crippen LogP contribution in [0.3, 0.4) is 0 Å². The Kier molecular flexibility index (Phi) is 7.48. The lowest BCUT2D eigenvalue weighted by atomic mass is 10.2. The van der Waals surface area contributed by atoms with Gasteiger partial charge in [-0.1, -0.05) is 0 Å². The normalized spacial score (nSPS) is 11.1. The number of methoxy groups -OCH3 is 1. The zero-order valence-electron chi connectivity index (χ0n) is 14.8. The lowest BCUT2D eigenvalue weighted by molar-refractivity contribution is -0.137. The molecule has 0 fully saturated rings. The maximum absolute atomic E-state index is 12.5. The minimum Gasteiger partial charge on any atom is -0.497 e. The van der Waals surface area contributed by atoms with Crippen molar-refractivity contribution in [2.45, 2.75) is 12.6 Å². The molecule has 0 saturated carbocycles. The first-order valence-corrected chi connectivity index (χ1v) is 8.33. The van der Waals surface area contributed by atoms with Gasteiger partial charge in [0.05, 0.1) is 12.7 Å². The molecule has 5 nitrogen and oxygen atoms in total. The average Bonchev–Trinajstić information content (AvgIpc) is 2.64. The summed E-state index contributed by atoms with van der Waals surface area (Å²) in [6.07, 6.45) is -4.19. The molecule has 0 spiro atoms. The molecule has 1 amide bonds. The maximum atomic E-state index is 12.5. The standard InChI is InChI=1S/C19H21F3N2O3/c1-26-16-6-8-17(9-7-16)27-13-12-23-11-10-18(25)24-15-4-2-14(3-5-15)19(20,21)22/h2-9,23H,10-13H2,1H3,(H,24,25). The highest BCUT2D eigenvalue weighted by Crippen LogP contribution is 2.29. The van der Waals surface area contributed by atoms with Gasteiger partial charge < -0.3 is 20.1 Å². The Hall–Kier alpha value is -2.74. The van der Waals surface area contributed by atoms with E-state index < -0.39 is 11.7 Å². The first kappa shape index (κ1) is 20.6. The number of anilines is 1. The third-order valence-corrected chi connectivity index (χ3v) is 3.63. The summed E-state index contributed by atoms with van der Waals surface area (Å²) < 4.78 is 48.0. The molecule has 2 aromatic carbocycles. The van der Waals surface area contributed by atoms with Crippen molar-refractivity contribution in [3.63, 3.8) is 0 Å². The highest BCUT2D eigenvalue weighted by atomic mass is 19.4. The lowest BCUT2D eigenvalue weighted by Crippen LogP contribution is -2.25. The number of ether oxygens (including phenoxy) is 2. The topological polar surface area (TPSA) is 59.6 Å². The number of hydrogen-bond acceptors (Lipinski definition) is 4. The molecule has 0 saturated heterocycles. The Morgan fingerprint density at radius 2 is 1.59 bits per heavy atom. The fraction of sp³-hybridized carbons (Fsp3) is 0.316. The summed E-state index contributed by atoms with van der Waals surface area (Å²) in [5, 5.41) is 5.62. The lowest BCUT2D eigenvalue weighted by Gasteiger charge is -2.10. The van der Waals surface area contributed by atoms with Crippen LogP contribution in [0.15, 0.2) is 48.5 Å². The van der Waals surface area contributed by atoms with E-state index in [1.54, 1.807) is 31.4 Å².